The first-order chi connectivity index (χ1) is 10.9. The molecular weight excluding hydrogens is 288 g/mol. The van der Waals surface area contributed by atoms with Crippen molar-refractivity contribution in [3.8, 4) is 17.2 Å². The minimum absolute atomic E-state index is 0.596. The molecule has 2 aromatic carbocycles. The number of amides is 1. The fourth-order valence-electron chi connectivity index (χ4n) is 2.11. The van der Waals surface area contributed by atoms with Crippen LogP contribution in [-0.2, 0) is 4.74 Å². The Hall–Kier alpha value is -2.80. The lowest BCUT2D eigenvalue weighted by atomic mass is 10.0. The Morgan fingerprint density at radius 2 is 1.61 bits per heavy atom. The Balaban J connectivity index is 2.11. The lowest BCUT2D eigenvalue weighted by Crippen LogP contribution is -2.34. The van der Waals surface area contributed by atoms with Crippen LogP contribution >= 0.6 is 0 Å². The number of carbonyl (C=O) groups excluding carboxylic acids is 1. The van der Waals surface area contributed by atoms with Crippen LogP contribution in [0.2, 0.25) is 0 Å². The van der Waals surface area contributed by atoms with Gasteiger partial charge in [0.15, 0.2) is 0 Å². The van der Waals surface area contributed by atoms with E-state index in [4.69, 9.17) is 4.74 Å². The van der Waals surface area contributed by atoms with Crippen molar-refractivity contribution in [2.24, 2.45) is 0 Å². The van der Waals surface area contributed by atoms with E-state index in [2.05, 4.69) is 11.4 Å². The highest BCUT2D eigenvalue weighted by Gasteiger charge is 2.20. The van der Waals surface area contributed by atoms with Crippen LogP contribution in [-0.4, -0.2) is 11.7 Å². The Bertz CT molecular complexity index is 695. The zero-order valence-corrected chi connectivity index (χ0v) is 13.5. The largest absolute Gasteiger partial charge is 0.444 e. The predicted octanol–water partition coefficient (Wildman–Crippen LogP) is 4.44. The van der Waals surface area contributed by atoms with Gasteiger partial charge in [0, 0.05) is 0 Å². The third-order valence-corrected chi connectivity index (χ3v) is 3.14. The normalized spacial score (nSPS) is 12.1. The molecule has 0 heterocycles. The summed E-state index contributed by atoms with van der Waals surface area (Å²) in [4.78, 5) is 11.8. The number of alkyl carbamates (subject to hydrolysis) is 1. The van der Waals surface area contributed by atoms with Gasteiger partial charge in [0.1, 0.15) is 11.6 Å². The lowest BCUT2D eigenvalue weighted by molar-refractivity contribution is 0.0515. The van der Waals surface area contributed by atoms with Gasteiger partial charge >= 0.3 is 6.09 Å². The summed E-state index contributed by atoms with van der Waals surface area (Å²) in [5.41, 5.74) is 2.29. The Kier molecular flexibility index (Phi) is 5.02. The molecule has 0 radical (unpaired) electrons. The van der Waals surface area contributed by atoms with E-state index in [-0.39, 0.29) is 0 Å². The summed E-state index contributed by atoms with van der Waals surface area (Å²) in [6.07, 6.45) is -0.601. The lowest BCUT2D eigenvalue weighted by Gasteiger charge is -2.21. The molecule has 0 unspecified atom stereocenters. The molecule has 1 N–H and O–H groups in total. The number of benzene rings is 2. The first-order valence-electron chi connectivity index (χ1n) is 7.43. The van der Waals surface area contributed by atoms with E-state index < -0.39 is 17.7 Å². The smallest absolute Gasteiger partial charge is 0.408 e. The summed E-state index contributed by atoms with van der Waals surface area (Å²) < 4.78 is 5.18. The fourth-order valence-corrected chi connectivity index (χ4v) is 2.11. The van der Waals surface area contributed by atoms with Crippen molar-refractivity contribution < 1.29 is 9.53 Å². The van der Waals surface area contributed by atoms with Gasteiger partial charge in [-0.15, -0.1) is 0 Å². The molecule has 0 spiro atoms. The van der Waals surface area contributed by atoms with E-state index in [0.717, 1.165) is 16.7 Å². The zero-order valence-electron chi connectivity index (χ0n) is 13.5. The van der Waals surface area contributed by atoms with Crippen molar-refractivity contribution in [3.63, 3.8) is 0 Å². The van der Waals surface area contributed by atoms with Gasteiger partial charge in [0.2, 0.25) is 0 Å². The van der Waals surface area contributed by atoms with E-state index >= 15 is 0 Å². The maximum absolute atomic E-state index is 11.8. The van der Waals surface area contributed by atoms with Crippen LogP contribution in [0.15, 0.2) is 54.6 Å². The molecule has 1 atom stereocenters. The van der Waals surface area contributed by atoms with Gasteiger partial charge in [-0.05, 0) is 37.5 Å². The van der Waals surface area contributed by atoms with E-state index in [1.54, 1.807) is 20.8 Å². The number of rotatable bonds is 3. The summed E-state index contributed by atoms with van der Waals surface area (Å²) in [6.45, 7) is 5.34. The predicted molar refractivity (Wildman–Crippen MR) is 89.6 cm³/mol. The second-order valence-corrected chi connectivity index (χ2v) is 6.20. The zero-order chi connectivity index (χ0) is 16.9. The van der Waals surface area contributed by atoms with Crippen molar-refractivity contribution >= 4 is 6.09 Å². The Labute approximate surface area is 136 Å². The number of hydrogen-bond donors (Lipinski definition) is 1. The second-order valence-electron chi connectivity index (χ2n) is 6.20. The van der Waals surface area contributed by atoms with Crippen molar-refractivity contribution in [1.82, 2.24) is 5.32 Å². The highest BCUT2D eigenvalue weighted by Crippen LogP contribution is 2.22. The van der Waals surface area contributed by atoms with Gasteiger partial charge in [-0.1, -0.05) is 54.6 Å². The molecule has 4 nitrogen and oxygen atoms in total. The minimum Gasteiger partial charge on any atom is -0.444 e. The van der Waals surface area contributed by atoms with Crippen molar-refractivity contribution in [2.45, 2.75) is 32.4 Å². The average Bonchev–Trinajstić information content (AvgIpc) is 2.52. The summed E-state index contributed by atoms with van der Waals surface area (Å²) in [6, 6.07) is 18.9. The summed E-state index contributed by atoms with van der Waals surface area (Å²) >= 11 is 0. The molecule has 4 heteroatoms. The first-order valence-corrected chi connectivity index (χ1v) is 7.43. The molecule has 0 aliphatic heterocycles. The SMILES string of the molecule is CC(C)(C)OC(=O)N[C@@H](C#N)c1ccc(-c2ccccc2)cc1. The maximum atomic E-state index is 11.8. The van der Waals surface area contributed by atoms with Gasteiger partial charge in [-0.2, -0.15) is 5.26 Å². The molecule has 23 heavy (non-hydrogen) atoms. The Morgan fingerprint density at radius 1 is 1.04 bits per heavy atom. The van der Waals surface area contributed by atoms with E-state index in [9.17, 15) is 10.1 Å². The number of hydrogen-bond acceptors (Lipinski definition) is 3. The molecular formula is C19H20N2O2. The molecule has 2 rings (SSSR count). The minimum atomic E-state index is -0.741. The van der Waals surface area contributed by atoms with Gasteiger partial charge in [0.25, 0.3) is 0 Å². The van der Waals surface area contributed by atoms with E-state index in [1.807, 2.05) is 54.6 Å². The average molecular weight is 308 g/mol. The Morgan fingerprint density at radius 3 is 2.13 bits per heavy atom. The third kappa shape index (κ3) is 4.86. The number of nitrogens with one attached hydrogen (secondary N) is 1. The van der Waals surface area contributed by atoms with Crippen LogP contribution < -0.4 is 5.32 Å². The van der Waals surface area contributed by atoms with Crippen LogP contribution in [0.1, 0.15) is 32.4 Å². The monoisotopic (exact) mass is 308 g/mol. The number of carbonyl (C=O) groups is 1. The van der Waals surface area contributed by atoms with Crippen LogP contribution in [0.5, 0.6) is 0 Å². The second kappa shape index (κ2) is 6.97. The number of nitriles is 1. The highest BCUT2D eigenvalue weighted by molar-refractivity contribution is 5.69. The molecule has 0 aliphatic rings. The molecule has 0 aliphatic carbocycles. The fraction of sp³-hybridized carbons (Fsp3) is 0.263. The molecule has 0 saturated carbocycles. The van der Waals surface area contributed by atoms with Crippen molar-refractivity contribution in [2.75, 3.05) is 0 Å². The summed E-state index contributed by atoms with van der Waals surface area (Å²) in [5, 5.41) is 11.9. The van der Waals surface area contributed by atoms with E-state index in [0.29, 0.717) is 0 Å². The van der Waals surface area contributed by atoms with Crippen LogP contribution in [0.4, 0.5) is 4.79 Å². The maximum Gasteiger partial charge on any atom is 0.408 e. The molecule has 2 aromatic rings. The van der Waals surface area contributed by atoms with Crippen LogP contribution in [0, 0.1) is 11.3 Å². The summed E-state index contributed by atoms with van der Waals surface area (Å²) in [5.74, 6) is 0. The molecule has 0 aromatic heterocycles. The quantitative estimate of drug-likeness (QED) is 0.911. The standard InChI is InChI=1S/C19H20N2O2/c1-19(2,3)23-18(22)21-17(13-20)16-11-9-15(10-12-16)14-7-5-4-6-8-14/h4-12,17H,1-3H3,(H,21,22)/t17-/m0/s1. The topological polar surface area (TPSA) is 62.1 Å². The number of ether oxygens (including phenoxy) is 1. The van der Waals surface area contributed by atoms with Gasteiger partial charge in [0.05, 0.1) is 6.07 Å². The molecule has 118 valence electrons. The molecule has 1 amide bonds. The van der Waals surface area contributed by atoms with E-state index in [1.165, 1.54) is 0 Å². The van der Waals surface area contributed by atoms with Crippen molar-refractivity contribution in [3.05, 3.63) is 60.2 Å². The third-order valence-electron chi connectivity index (χ3n) is 3.14. The van der Waals surface area contributed by atoms with Gasteiger partial charge in [-0.25, -0.2) is 4.79 Å². The van der Waals surface area contributed by atoms with Gasteiger partial charge in [-0.3, -0.25) is 0 Å². The summed E-state index contributed by atoms with van der Waals surface area (Å²) in [7, 11) is 0. The van der Waals surface area contributed by atoms with Crippen LogP contribution in [0.25, 0.3) is 11.1 Å². The molecule has 0 fully saturated rings. The highest BCUT2D eigenvalue weighted by atomic mass is 16.6. The molecule has 0 bridgehead atoms. The number of nitrogens with zero attached hydrogens (tertiary/aromatic N) is 1. The van der Waals surface area contributed by atoms with Gasteiger partial charge < -0.3 is 10.1 Å². The van der Waals surface area contributed by atoms with Crippen LogP contribution in [0.3, 0.4) is 0 Å². The van der Waals surface area contributed by atoms with Crippen molar-refractivity contribution in [1.29, 1.82) is 5.26 Å². The molecule has 0 saturated heterocycles. The first kappa shape index (κ1) is 16.6.